The summed E-state index contributed by atoms with van der Waals surface area (Å²) in [6.07, 6.45) is 0.576. The van der Waals surface area contributed by atoms with Gasteiger partial charge in [0.15, 0.2) is 0 Å². The predicted octanol–water partition coefficient (Wildman–Crippen LogP) is 2.30. The van der Waals surface area contributed by atoms with Gasteiger partial charge in [-0.2, -0.15) is 0 Å². The topological polar surface area (TPSA) is 32.3 Å². The van der Waals surface area contributed by atoms with E-state index in [0.717, 1.165) is 12.0 Å². The molecule has 0 radical (unpaired) electrons. The predicted molar refractivity (Wildman–Crippen MR) is 68.3 cm³/mol. The molecular weight excluding hydrogens is 231 g/mol. The molecule has 2 rings (SSSR count). The fourth-order valence-corrected chi connectivity index (χ4v) is 2.38. The average Bonchev–Trinajstić information content (AvgIpc) is 2.57. The number of halogens is 1. The quantitative estimate of drug-likeness (QED) is 0.892. The Bertz CT molecular complexity index is 447. The van der Waals surface area contributed by atoms with Gasteiger partial charge in [0.25, 0.3) is 0 Å². The number of benzene rings is 1. The van der Waals surface area contributed by atoms with Crippen LogP contribution in [0.15, 0.2) is 24.3 Å². The van der Waals surface area contributed by atoms with Crippen LogP contribution in [-0.4, -0.2) is 23.9 Å². The highest BCUT2D eigenvalue weighted by Gasteiger charge is 2.37. The number of nitrogens with zero attached hydrogens (tertiary/aromatic N) is 1. The van der Waals surface area contributed by atoms with Gasteiger partial charge in [-0.3, -0.25) is 10.1 Å². The van der Waals surface area contributed by atoms with E-state index in [2.05, 4.69) is 19.2 Å². The van der Waals surface area contributed by atoms with Gasteiger partial charge in [0, 0.05) is 7.05 Å². The van der Waals surface area contributed by atoms with Crippen LogP contribution >= 0.6 is 0 Å². The van der Waals surface area contributed by atoms with Crippen LogP contribution in [0.5, 0.6) is 0 Å². The van der Waals surface area contributed by atoms with Crippen LogP contribution in [0.25, 0.3) is 0 Å². The number of hydrogen-bond acceptors (Lipinski definition) is 2. The molecule has 0 bridgehead atoms. The minimum absolute atomic E-state index is 0.0814. The van der Waals surface area contributed by atoms with Gasteiger partial charge in [-0.25, -0.2) is 4.39 Å². The Morgan fingerprint density at radius 2 is 2.17 bits per heavy atom. The molecule has 98 valence electrons. The van der Waals surface area contributed by atoms with Crippen molar-refractivity contribution < 1.29 is 9.18 Å². The average molecular weight is 250 g/mol. The molecule has 1 saturated heterocycles. The van der Waals surface area contributed by atoms with Crippen LogP contribution in [0.4, 0.5) is 4.39 Å². The highest BCUT2D eigenvalue weighted by Crippen LogP contribution is 2.26. The number of hydrogen-bond donors (Lipinski definition) is 1. The van der Waals surface area contributed by atoms with E-state index in [1.807, 2.05) is 6.07 Å². The smallest absolute Gasteiger partial charge is 0.241 e. The molecule has 1 aliphatic rings. The Balaban J connectivity index is 2.18. The van der Waals surface area contributed by atoms with Gasteiger partial charge < -0.3 is 4.90 Å². The number of nitrogens with one attached hydrogen (secondary N) is 1. The van der Waals surface area contributed by atoms with E-state index in [0.29, 0.717) is 5.92 Å². The molecule has 1 aromatic rings. The highest BCUT2D eigenvalue weighted by atomic mass is 19.1. The summed E-state index contributed by atoms with van der Waals surface area (Å²) in [5.74, 6) is 0.256. The molecule has 2 atom stereocenters. The van der Waals surface area contributed by atoms with Crippen molar-refractivity contribution in [1.29, 1.82) is 0 Å². The monoisotopic (exact) mass is 250 g/mol. The van der Waals surface area contributed by atoms with Crippen LogP contribution in [0.1, 0.15) is 32.0 Å². The van der Waals surface area contributed by atoms with Crippen molar-refractivity contribution in [2.24, 2.45) is 5.92 Å². The van der Waals surface area contributed by atoms with E-state index in [1.54, 1.807) is 18.0 Å². The zero-order valence-electron chi connectivity index (χ0n) is 11.0. The normalized spacial score (nSPS) is 24.1. The van der Waals surface area contributed by atoms with Crippen molar-refractivity contribution in [3.05, 3.63) is 35.6 Å². The lowest BCUT2D eigenvalue weighted by Gasteiger charge is -2.19. The Hall–Kier alpha value is -1.42. The summed E-state index contributed by atoms with van der Waals surface area (Å²) in [6.45, 7) is 4.18. The molecule has 0 aliphatic carbocycles. The molecule has 0 saturated carbocycles. The van der Waals surface area contributed by atoms with Gasteiger partial charge in [0.1, 0.15) is 12.0 Å². The third-order valence-electron chi connectivity index (χ3n) is 3.26. The van der Waals surface area contributed by atoms with Gasteiger partial charge >= 0.3 is 0 Å². The molecule has 1 heterocycles. The summed E-state index contributed by atoms with van der Waals surface area (Å²) in [7, 11) is 1.76. The third kappa shape index (κ3) is 2.53. The van der Waals surface area contributed by atoms with E-state index in [-0.39, 0.29) is 23.9 Å². The van der Waals surface area contributed by atoms with Gasteiger partial charge in [-0.15, -0.1) is 0 Å². The van der Waals surface area contributed by atoms with Crippen molar-refractivity contribution in [3.63, 3.8) is 0 Å². The number of likely N-dealkylation sites (N-methyl/N-ethyl adjacent to an activating group) is 1. The Kier molecular flexibility index (Phi) is 3.66. The number of carbonyl (C=O) groups excluding carboxylic acids is 1. The lowest BCUT2D eigenvalue weighted by Crippen LogP contribution is -2.30. The van der Waals surface area contributed by atoms with Crippen molar-refractivity contribution in [2.45, 2.75) is 32.5 Å². The summed E-state index contributed by atoms with van der Waals surface area (Å²) in [6, 6.07) is 6.22. The van der Waals surface area contributed by atoms with Crippen LogP contribution < -0.4 is 5.32 Å². The van der Waals surface area contributed by atoms with Crippen LogP contribution in [0, 0.1) is 11.7 Å². The summed E-state index contributed by atoms with van der Waals surface area (Å²) in [5, 5.41) is 3.28. The maximum absolute atomic E-state index is 13.2. The highest BCUT2D eigenvalue weighted by molar-refractivity contribution is 5.84. The number of carbonyl (C=O) groups is 1. The summed E-state index contributed by atoms with van der Waals surface area (Å²) in [5.41, 5.74) is 0.789. The number of amides is 1. The fraction of sp³-hybridized carbons (Fsp3) is 0.500. The van der Waals surface area contributed by atoms with Crippen LogP contribution in [0.3, 0.4) is 0 Å². The standard InChI is InChI=1S/C14H19FN2O/c1-9(2)7-12-14(18)17(3)13(16-12)10-5-4-6-11(15)8-10/h4-6,8-9,12-13,16H,7H2,1-3H3. The molecule has 1 aliphatic heterocycles. The third-order valence-corrected chi connectivity index (χ3v) is 3.26. The SMILES string of the molecule is CC(C)CC1NC(c2cccc(F)c2)N(C)C1=O. The van der Waals surface area contributed by atoms with Crippen LogP contribution in [-0.2, 0) is 4.79 Å². The Morgan fingerprint density at radius 1 is 1.44 bits per heavy atom. The molecule has 0 aromatic heterocycles. The van der Waals surface area contributed by atoms with E-state index in [4.69, 9.17) is 0 Å². The van der Waals surface area contributed by atoms with Crippen molar-refractivity contribution in [1.82, 2.24) is 10.2 Å². The zero-order chi connectivity index (χ0) is 13.3. The molecule has 3 nitrogen and oxygen atoms in total. The molecule has 1 amide bonds. The van der Waals surface area contributed by atoms with Gasteiger partial charge in [-0.1, -0.05) is 26.0 Å². The van der Waals surface area contributed by atoms with Crippen molar-refractivity contribution in [3.8, 4) is 0 Å². The van der Waals surface area contributed by atoms with Crippen LogP contribution in [0.2, 0.25) is 0 Å². The lowest BCUT2D eigenvalue weighted by atomic mass is 10.0. The Morgan fingerprint density at radius 3 is 2.78 bits per heavy atom. The minimum atomic E-state index is -0.276. The number of rotatable bonds is 3. The first kappa shape index (κ1) is 13.0. The molecule has 1 fully saturated rings. The van der Waals surface area contributed by atoms with Crippen molar-refractivity contribution in [2.75, 3.05) is 7.05 Å². The lowest BCUT2D eigenvalue weighted by molar-refractivity contribution is -0.129. The fourth-order valence-electron chi connectivity index (χ4n) is 2.38. The van der Waals surface area contributed by atoms with Gasteiger partial charge in [-0.05, 0) is 30.0 Å². The second-order valence-corrected chi connectivity index (χ2v) is 5.26. The largest absolute Gasteiger partial charge is 0.325 e. The van der Waals surface area contributed by atoms with E-state index in [1.165, 1.54) is 12.1 Å². The van der Waals surface area contributed by atoms with Gasteiger partial charge in [0.05, 0.1) is 6.04 Å². The molecule has 4 heteroatoms. The summed E-state index contributed by atoms with van der Waals surface area (Å²) in [4.78, 5) is 13.7. The van der Waals surface area contributed by atoms with E-state index >= 15 is 0 Å². The van der Waals surface area contributed by atoms with E-state index < -0.39 is 0 Å². The molecule has 1 aromatic carbocycles. The van der Waals surface area contributed by atoms with E-state index in [9.17, 15) is 9.18 Å². The maximum Gasteiger partial charge on any atom is 0.241 e. The van der Waals surface area contributed by atoms with Gasteiger partial charge in [0.2, 0.25) is 5.91 Å². The second-order valence-electron chi connectivity index (χ2n) is 5.26. The zero-order valence-corrected chi connectivity index (χ0v) is 11.0. The van der Waals surface area contributed by atoms with Crippen molar-refractivity contribution >= 4 is 5.91 Å². The molecule has 18 heavy (non-hydrogen) atoms. The minimum Gasteiger partial charge on any atom is -0.325 e. The molecular formula is C14H19FN2O. The summed E-state index contributed by atoms with van der Waals surface area (Å²) < 4.78 is 13.2. The molecule has 2 unspecified atom stereocenters. The maximum atomic E-state index is 13.2. The first-order valence-electron chi connectivity index (χ1n) is 6.27. The first-order chi connectivity index (χ1) is 8.49. The molecule has 0 spiro atoms. The molecule has 1 N–H and O–H groups in total. The first-order valence-corrected chi connectivity index (χ1v) is 6.27. The summed E-state index contributed by atoms with van der Waals surface area (Å²) >= 11 is 0. The Labute approximate surface area is 107 Å². The second kappa shape index (κ2) is 5.06.